The normalized spacial score (nSPS) is 12.8. The Balaban J connectivity index is 2.23. The van der Waals surface area contributed by atoms with E-state index in [9.17, 15) is 4.79 Å². The lowest BCUT2D eigenvalue weighted by Gasteiger charge is -2.32. The molecule has 0 heterocycles. The van der Waals surface area contributed by atoms with Crippen molar-refractivity contribution in [2.75, 3.05) is 20.6 Å². The van der Waals surface area contributed by atoms with E-state index in [1.54, 1.807) is 0 Å². The Kier molecular flexibility index (Phi) is 9.70. The predicted octanol–water partition coefficient (Wildman–Crippen LogP) is 4.52. The zero-order valence-corrected chi connectivity index (χ0v) is 16.2. The summed E-state index contributed by atoms with van der Waals surface area (Å²) in [6.45, 7) is 6.27. The molecule has 24 heavy (non-hydrogen) atoms. The molecule has 0 saturated heterocycles. The molecule has 136 valence electrons. The van der Waals surface area contributed by atoms with E-state index < -0.39 is 0 Å². The highest BCUT2D eigenvalue weighted by molar-refractivity contribution is 5.76. The summed E-state index contributed by atoms with van der Waals surface area (Å²) in [5.41, 5.74) is 1.34. The van der Waals surface area contributed by atoms with Gasteiger partial charge in [0.25, 0.3) is 0 Å². The van der Waals surface area contributed by atoms with Crippen molar-refractivity contribution >= 4 is 5.91 Å². The number of hydrogen-bond acceptors (Lipinski definition) is 1. The number of carbonyl (C=O) groups is 1. The average molecular weight is 334 g/mol. The molecule has 0 bridgehead atoms. The van der Waals surface area contributed by atoms with Gasteiger partial charge in [-0.1, -0.05) is 69.4 Å². The van der Waals surface area contributed by atoms with Crippen LogP contribution in [0.15, 0.2) is 30.3 Å². The first-order chi connectivity index (χ1) is 11.4. The lowest BCUT2D eigenvalue weighted by atomic mass is 10.1. The maximum absolute atomic E-state index is 12.1. The molecule has 0 aliphatic heterocycles. The number of rotatable bonds is 12. The number of likely N-dealkylation sites (N-methyl/N-ethyl adjacent to an activating group) is 1. The van der Waals surface area contributed by atoms with Crippen LogP contribution in [-0.4, -0.2) is 37.1 Å². The van der Waals surface area contributed by atoms with Crippen molar-refractivity contribution < 1.29 is 9.28 Å². The number of nitrogens with one attached hydrogen (secondary N) is 1. The molecule has 3 nitrogen and oxygen atoms in total. The van der Waals surface area contributed by atoms with Gasteiger partial charge in [-0.25, -0.2) is 0 Å². The van der Waals surface area contributed by atoms with Gasteiger partial charge in [0.05, 0.1) is 26.7 Å². The SMILES string of the molecule is CCCCCCCCC(=O)NC(C)C[N+](C)(C)Cc1ccccc1. The summed E-state index contributed by atoms with van der Waals surface area (Å²) < 4.78 is 0.877. The molecular weight excluding hydrogens is 296 g/mol. The second-order valence-corrected chi connectivity index (χ2v) is 7.75. The van der Waals surface area contributed by atoms with Crippen LogP contribution in [0.1, 0.15) is 64.4 Å². The van der Waals surface area contributed by atoms with Gasteiger partial charge in [-0.05, 0) is 13.3 Å². The quantitative estimate of drug-likeness (QED) is 0.442. The number of amides is 1. The van der Waals surface area contributed by atoms with Gasteiger partial charge < -0.3 is 9.80 Å². The Labute approximate surface area is 149 Å². The van der Waals surface area contributed by atoms with Crippen LogP contribution in [0.5, 0.6) is 0 Å². The van der Waals surface area contributed by atoms with Crippen LogP contribution in [0, 0.1) is 0 Å². The summed E-state index contributed by atoms with van der Waals surface area (Å²) in [7, 11) is 4.45. The number of benzene rings is 1. The smallest absolute Gasteiger partial charge is 0.220 e. The second-order valence-electron chi connectivity index (χ2n) is 7.75. The molecule has 1 unspecified atom stereocenters. The van der Waals surface area contributed by atoms with Crippen molar-refractivity contribution in [1.82, 2.24) is 5.32 Å². The third-order valence-corrected chi connectivity index (χ3v) is 4.39. The van der Waals surface area contributed by atoms with Gasteiger partial charge >= 0.3 is 0 Å². The van der Waals surface area contributed by atoms with Crippen LogP contribution in [0.4, 0.5) is 0 Å². The lowest BCUT2D eigenvalue weighted by Crippen LogP contribution is -2.49. The number of nitrogens with zero attached hydrogens (tertiary/aromatic N) is 1. The maximum atomic E-state index is 12.1. The highest BCUT2D eigenvalue weighted by atomic mass is 16.1. The van der Waals surface area contributed by atoms with Crippen molar-refractivity contribution in [3.63, 3.8) is 0 Å². The molecule has 0 aromatic heterocycles. The summed E-state index contributed by atoms with van der Waals surface area (Å²) >= 11 is 0. The molecule has 3 heteroatoms. The van der Waals surface area contributed by atoms with E-state index >= 15 is 0 Å². The van der Waals surface area contributed by atoms with Crippen molar-refractivity contribution in [2.45, 2.75) is 71.4 Å². The molecule has 1 amide bonds. The Morgan fingerprint density at radius 2 is 1.67 bits per heavy atom. The Morgan fingerprint density at radius 1 is 1.04 bits per heavy atom. The van der Waals surface area contributed by atoms with E-state index in [-0.39, 0.29) is 11.9 Å². The standard InChI is InChI=1S/C21H36N2O/c1-5-6-7-8-9-13-16-21(24)22-19(2)17-23(3,4)18-20-14-11-10-12-15-20/h10-12,14-15,19H,5-9,13,16-18H2,1-4H3/p+1. The minimum atomic E-state index is 0.205. The molecule has 0 aliphatic carbocycles. The highest BCUT2D eigenvalue weighted by Crippen LogP contribution is 2.10. The molecule has 1 aromatic carbocycles. The average Bonchev–Trinajstić information content (AvgIpc) is 2.50. The first kappa shape index (κ1) is 20.7. The summed E-state index contributed by atoms with van der Waals surface area (Å²) in [5.74, 6) is 0.206. The Hall–Kier alpha value is -1.35. The Bertz CT molecular complexity index is 456. The van der Waals surface area contributed by atoms with Crippen molar-refractivity contribution in [2.24, 2.45) is 0 Å². The van der Waals surface area contributed by atoms with Gasteiger partial charge in [-0.3, -0.25) is 4.79 Å². The van der Waals surface area contributed by atoms with Gasteiger partial charge in [0.15, 0.2) is 0 Å². The monoisotopic (exact) mass is 333 g/mol. The van der Waals surface area contributed by atoms with Crippen molar-refractivity contribution in [3.05, 3.63) is 35.9 Å². The largest absolute Gasteiger partial charge is 0.348 e. The predicted molar refractivity (Wildman–Crippen MR) is 103 cm³/mol. The van der Waals surface area contributed by atoms with Crippen LogP contribution in [0.2, 0.25) is 0 Å². The topological polar surface area (TPSA) is 29.1 Å². The van der Waals surface area contributed by atoms with Crippen molar-refractivity contribution in [3.8, 4) is 0 Å². The number of unbranched alkanes of at least 4 members (excludes halogenated alkanes) is 5. The first-order valence-electron chi connectivity index (χ1n) is 9.58. The van der Waals surface area contributed by atoms with E-state index in [0.29, 0.717) is 6.42 Å². The van der Waals surface area contributed by atoms with Crippen LogP contribution in [0.3, 0.4) is 0 Å². The summed E-state index contributed by atoms with van der Waals surface area (Å²) in [4.78, 5) is 12.1. The van der Waals surface area contributed by atoms with Crippen LogP contribution >= 0.6 is 0 Å². The molecule has 0 saturated carbocycles. The molecule has 1 rings (SSSR count). The van der Waals surface area contributed by atoms with Crippen LogP contribution < -0.4 is 5.32 Å². The molecule has 1 N–H and O–H groups in total. The fraction of sp³-hybridized carbons (Fsp3) is 0.667. The highest BCUT2D eigenvalue weighted by Gasteiger charge is 2.20. The third kappa shape index (κ3) is 9.71. The minimum absolute atomic E-state index is 0.205. The van der Waals surface area contributed by atoms with Gasteiger partial charge in [-0.2, -0.15) is 0 Å². The molecule has 0 aliphatic rings. The van der Waals surface area contributed by atoms with Crippen molar-refractivity contribution in [1.29, 1.82) is 0 Å². The van der Waals surface area contributed by atoms with Crippen LogP contribution in [0.25, 0.3) is 0 Å². The second kappa shape index (κ2) is 11.2. The maximum Gasteiger partial charge on any atom is 0.220 e. The molecule has 1 aromatic rings. The van der Waals surface area contributed by atoms with Gasteiger partial charge in [0.1, 0.15) is 6.54 Å². The zero-order valence-electron chi connectivity index (χ0n) is 16.2. The summed E-state index contributed by atoms with van der Waals surface area (Å²) in [6.07, 6.45) is 8.02. The molecule has 0 spiro atoms. The number of hydrogen-bond donors (Lipinski definition) is 1. The van der Waals surface area contributed by atoms with Gasteiger partial charge in [-0.15, -0.1) is 0 Å². The van der Waals surface area contributed by atoms with Crippen LogP contribution in [-0.2, 0) is 11.3 Å². The first-order valence-corrected chi connectivity index (χ1v) is 9.58. The van der Waals surface area contributed by atoms with E-state index in [1.165, 1.54) is 37.7 Å². The minimum Gasteiger partial charge on any atom is -0.348 e. The summed E-state index contributed by atoms with van der Waals surface area (Å²) in [6, 6.07) is 10.8. The number of quaternary nitrogens is 1. The number of carbonyl (C=O) groups excluding carboxylic acids is 1. The van der Waals surface area contributed by atoms with E-state index in [2.05, 4.69) is 63.6 Å². The van der Waals surface area contributed by atoms with Gasteiger partial charge in [0.2, 0.25) is 5.91 Å². The van der Waals surface area contributed by atoms with E-state index in [4.69, 9.17) is 0 Å². The fourth-order valence-corrected chi connectivity index (χ4v) is 3.34. The van der Waals surface area contributed by atoms with E-state index in [1.807, 2.05) is 0 Å². The summed E-state index contributed by atoms with van der Waals surface area (Å²) in [5, 5.41) is 3.17. The Morgan fingerprint density at radius 3 is 2.33 bits per heavy atom. The van der Waals surface area contributed by atoms with Gasteiger partial charge in [0, 0.05) is 12.0 Å². The van der Waals surface area contributed by atoms with E-state index in [0.717, 1.165) is 24.0 Å². The fourth-order valence-electron chi connectivity index (χ4n) is 3.34. The molecule has 1 atom stereocenters. The molecular formula is C21H37N2O+. The zero-order chi connectivity index (χ0) is 17.8. The molecule has 0 fully saturated rings. The lowest BCUT2D eigenvalue weighted by molar-refractivity contribution is -0.904. The molecule has 0 radical (unpaired) electrons. The third-order valence-electron chi connectivity index (χ3n) is 4.39.